The third kappa shape index (κ3) is 40.6. The van der Waals surface area contributed by atoms with Crippen LogP contribution in [0.2, 0.25) is 0 Å². The summed E-state index contributed by atoms with van der Waals surface area (Å²) in [5.41, 5.74) is 0. The van der Waals surface area contributed by atoms with Gasteiger partial charge in [0.15, 0.2) is 0 Å². The molecule has 3 unspecified atom stereocenters. The Kier molecular flexibility index (Phi) is 44.1. The van der Waals surface area contributed by atoms with Crippen molar-refractivity contribution in [2.45, 2.75) is 270 Å². The Morgan fingerprint density at radius 3 is 1.11 bits per heavy atom. The van der Waals surface area contributed by atoms with E-state index in [1.807, 2.05) is 6.08 Å². The number of aliphatic hydroxyl groups is 3. The fourth-order valence-electron chi connectivity index (χ4n) is 7.37. The van der Waals surface area contributed by atoms with E-state index in [0.717, 1.165) is 38.5 Å². The molecule has 0 spiro atoms. The van der Waals surface area contributed by atoms with E-state index in [1.54, 1.807) is 6.08 Å². The van der Waals surface area contributed by atoms with Crippen LogP contribution in [0.3, 0.4) is 0 Å². The molecule has 0 aromatic rings. The number of hydrogen-bond donors (Lipinski definition) is 4. The highest BCUT2D eigenvalue weighted by atomic mass is 16.3. The summed E-state index contributed by atoms with van der Waals surface area (Å²) < 4.78 is 0. The summed E-state index contributed by atoms with van der Waals surface area (Å²) in [7, 11) is 0. The largest absolute Gasteiger partial charge is 0.394 e. The Bertz CT molecular complexity index is 855. The van der Waals surface area contributed by atoms with Gasteiger partial charge in [0, 0.05) is 0 Å². The first-order valence-electron chi connectivity index (χ1n) is 24.3. The molecule has 0 aliphatic carbocycles. The predicted molar refractivity (Wildman–Crippen MR) is 241 cm³/mol. The van der Waals surface area contributed by atoms with Gasteiger partial charge in [-0.15, -0.1) is 0 Å². The van der Waals surface area contributed by atoms with E-state index in [4.69, 9.17) is 0 Å². The quantitative estimate of drug-likeness (QED) is 0.0367. The van der Waals surface area contributed by atoms with Crippen LogP contribution in [0.5, 0.6) is 0 Å². The average molecular weight is 774 g/mol. The summed E-state index contributed by atoms with van der Waals surface area (Å²) >= 11 is 0. The van der Waals surface area contributed by atoms with Gasteiger partial charge < -0.3 is 20.6 Å². The minimum Gasteiger partial charge on any atom is -0.394 e. The van der Waals surface area contributed by atoms with Gasteiger partial charge in [-0.1, -0.05) is 230 Å². The van der Waals surface area contributed by atoms with Gasteiger partial charge in [-0.2, -0.15) is 0 Å². The second-order valence-corrected chi connectivity index (χ2v) is 16.7. The van der Waals surface area contributed by atoms with Gasteiger partial charge in [-0.3, -0.25) is 4.79 Å². The first-order chi connectivity index (χ1) is 27.1. The van der Waals surface area contributed by atoms with Crippen LogP contribution in [0.1, 0.15) is 251 Å². The Labute approximate surface area is 343 Å². The highest BCUT2D eigenvalue weighted by Gasteiger charge is 2.22. The van der Waals surface area contributed by atoms with Crippen molar-refractivity contribution >= 4 is 5.91 Å². The Hall–Kier alpha value is -1.43. The molecule has 0 saturated carbocycles. The lowest BCUT2D eigenvalue weighted by Gasteiger charge is -2.21. The summed E-state index contributed by atoms with van der Waals surface area (Å²) in [4.78, 5) is 12.5. The molecule has 4 N–H and O–H groups in total. The first kappa shape index (κ1) is 53.6. The molecule has 0 saturated heterocycles. The number of carbonyl (C=O) groups excluding carboxylic acids is 1. The van der Waals surface area contributed by atoms with Gasteiger partial charge in [-0.25, -0.2) is 0 Å². The molecule has 0 heterocycles. The highest BCUT2D eigenvalue weighted by molar-refractivity contribution is 5.80. The van der Waals surface area contributed by atoms with E-state index in [9.17, 15) is 20.1 Å². The fraction of sp³-hybridized carbons (Fsp3) is 0.860. The second kappa shape index (κ2) is 45.3. The predicted octanol–water partition coefficient (Wildman–Crippen LogP) is 14.3. The highest BCUT2D eigenvalue weighted by Crippen LogP contribution is 2.15. The number of nitrogens with one attached hydrogen (secondary N) is 1. The summed E-state index contributed by atoms with van der Waals surface area (Å²) in [6.07, 6.45) is 57.6. The van der Waals surface area contributed by atoms with Gasteiger partial charge in [0.05, 0.1) is 18.8 Å². The number of hydrogen-bond acceptors (Lipinski definition) is 4. The van der Waals surface area contributed by atoms with Crippen molar-refractivity contribution < 1.29 is 20.1 Å². The normalized spacial score (nSPS) is 13.8. The molecule has 0 aliphatic rings. The molecule has 324 valence electrons. The van der Waals surface area contributed by atoms with Crippen molar-refractivity contribution in [3.63, 3.8) is 0 Å². The molecular weight excluding hydrogens is 679 g/mol. The van der Waals surface area contributed by atoms with E-state index < -0.39 is 24.2 Å². The second-order valence-electron chi connectivity index (χ2n) is 16.7. The van der Waals surface area contributed by atoms with Crippen molar-refractivity contribution in [1.29, 1.82) is 0 Å². The Morgan fingerprint density at radius 2 is 0.745 bits per heavy atom. The third-order valence-electron chi connectivity index (χ3n) is 11.2. The maximum atomic E-state index is 12.5. The van der Waals surface area contributed by atoms with Crippen LogP contribution < -0.4 is 5.32 Å². The lowest BCUT2D eigenvalue weighted by molar-refractivity contribution is -0.131. The minimum atomic E-state index is -1.11. The maximum absolute atomic E-state index is 12.5. The van der Waals surface area contributed by atoms with Crippen molar-refractivity contribution in [3.05, 3.63) is 36.5 Å². The van der Waals surface area contributed by atoms with Crippen LogP contribution in [-0.4, -0.2) is 46.1 Å². The van der Waals surface area contributed by atoms with Crippen molar-refractivity contribution in [2.24, 2.45) is 0 Å². The van der Waals surface area contributed by atoms with E-state index in [2.05, 4.69) is 43.5 Å². The molecule has 1 amide bonds. The monoisotopic (exact) mass is 774 g/mol. The zero-order valence-corrected chi connectivity index (χ0v) is 36.8. The number of unbranched alkanes of at least 4 members (excludes halogenated alkanes) is 32. The fourth-order valence-corrected chi connectivity index (χ4v) is 7.37. The average Bonchev–Trinajstić information content (AvgIpc) is 3.19. The standard InChI is InChI=1S/C50H95NO4/c1-3-5-7-9-11-13-15-17-19-21-23-25-27-28-30-32-34-36-38-40-42-44-48(53)47(46-52)51-50(55)49(54)45-43-41-39-37-35-33-31-29-26-24-22-20-18-16-14-12-10-8-6-4-2/h26,29,34,36,42,44,47-49,52-54H,3-25,27-28,30-33,35,37-41,43,45-46H2,1-2H3,(H,51,55)/b29-26-,36-34+,44-42+. The molecule has 0 aromatic heterocycles. The van der Waals surface area contributed by atoms with Crippen molar-refractivity contribution in [3.8, 4) is 0 Å². The molecule has 0 fully saturated rings. The molecule has 0 bridgehead atoms. The van der Waals surface area contributed by atoms with E-state index in [1.165, 1.54) is 193 Å². The summed E-state index contributed by atoms with van der Waals surface area (Å²) in [6, 6.07) is -0.817. The molecule has 55 heavy (non-hydrogen) atoms. The van der Waals surface area contributed by atoms with Crippen LogP contribution in [0, 0.1) is 0 Å². The molecule has 5 heteroatoms. The van der Waals surface area contributed by atoms with Gasteiger partial charge in [0.1, 0.15) is 6.10 Å². The minimum absolute atomic E-state index is 0.377. The number of rotatable bonds is 44. The van der Waals surface area contributed by atoms with Crippen LogP contribution in [-0.2, 0) is 4.79 Å². The van der Waals surface area contributed by atoms with Crippen LogP contribution >= 0.6 is 0 Å². The van der Waals surface area contributed by atoms with Crippen LogP contribution in [0.4, 0.5) is 0 Å². The summed E-state index contributed by atoms with van der Waals surface area (Å²) in [6.45, 7) is 4.19. The Balaban J connectivity index is 3.68. The maximum Gasteiger partial charge on any atom is 0.249 e. The van der Waals surface area contributed by atoms with Gasteiger partial charge in [-0.05, 0) is 57.8 Å². The lowest BCUT2D eigenvalue weighted by Crippen LogP contribution is -2.48. The molecule has 0 aromatic carbocycles. The number of amides is 1. The zero-order chi connectivity index (χ0) is 40.1. The van der Waals surface area contributed by atoms with E-state index in [-0.39, 0.29) is 6.61 Å². The van der Waals surface area contributed by atoms with Crippen LogP contribution in [0.15, 0.2) is 36.5 Å². The van der Waals surface area contributed by atoms with Crippen molar-refractivity contribution in [1.82, 2.24) is 5.32 Å². The van der Waals surface area contributed by atoms with Gasteiger partial charge in [0.2, 0.25) is 5.91 Å². The number of aliphatic hydroxyl groups excluding tert-OH is 3. The third-order valence-corrected chi connectivity index (χ3v) is 11.2. The first-order valence-corrected chi connectivity index (χ1v) is 24.3. The molecular formula is C50H95NO4. The number of allylic oxidation sites excluding steroid dienone is 5. The molecule has 0 aliphatic heterocycles. The van der Waals surface area contributed by atoms with E-state index in [0.29, 0.717) is 6.42 Å². The molecule has 3 atom stereocenters. The van der Waals surface area contributed by atoms with Crippen molar-refractivity contribution in [2.75, 3.05) is 6.61 Å². The zero-order valence-electron chi connectivity index (χ0n) is 36.8. The summed E-state index contributed by atoms with van der Waals surface area (Å²) in [5, 5.41) is 33.2. The number of carbonyl (C=O) groups is 1. The smallest absolute Gasteiger partial charge is 0.249 e. The molecule has 0 radical (unpaired) electrons. The lowest BCUT2D eigenvalue weighted by atomic mass is 10.0. The SMILES string of the molecule is CCCCCCCCCCCC/C=C\CCCCCCCCC(O)C(=O)NC(CO)C(O)/C=C/CC/C=C/CCCCCCCCCCCCCCCCC. The topological polar surface area (TPSA) is 89.8 Å². The summed E-state index contributed by atoms with van der Waals surface area (Å²) in [5.74, 6) is -0.516. The molecule has 5 nitrogen and oxygen atoms in total. The van der Waals surface area contributed by atoms with Gasteiger partial charge >= 0.3 is 0 Å². The van der Waals surface area contributed by atoms with Crippen LogP contribution in [0.25, 0.3) is 0 Å². The molecule has 0 rings (SSSR count). The van der Waals surface area contributed by atoms with E-state index >= 15 is 0 Å². The Morgan fingerprint density at radius 1 is 0.436 bits per heavy atom. The van der Waals surface area contributed by atoms with Gasteiger partial charge in [0.25, 0.3) is 0 Å².